The van der Waals surface area contributed by atoms with Crippen molar-refractivity contribution < 1.29 is 9.84 Å². The number of benzene rings is 1. The van der Waals surface area contributed by atoms with Crippen LogP contribution in [0.15, 0.2) is 24.3 Å². The van der Waals surface area contributed by atoms with Crippen molar-refractivity contribution in [3.63, 3.8) is 0 Å². The maximum Gasteiger partial charge on any atom is 0.118 e. The van der Waals surface area contributed by atoms with Gasteiger partial charge in [0.25, 0.3) is 0 Å². The van der Waals surface area contributed by atoms with E-state index in [4.69, 9.17) is 4.74 Å². The summed E-state index contributed by atoms with van der Waals surface area (Å²) in [7, 11) is 1.65. The molecule has 0 aliphatic carbocycles. The minimum atomic E-state index is -0.445. The number of nitrogens with zero attached hydrogens (tertiary/aromatic N) is 1. The van der Waals surface area contributed by atoms with Crippen molar-refractivity contribution in [3.8, 4) is 5.75 Å². The molecule has 1 saturated heterocycles. The molecule has 1 aliphatic rings. The van der Waals surface area contributed by atoms with Crippen molar-refractivity contribution in [2.75, 3.05) is 20.2 Å². The van der Waals surface area contributed by atoms with Crippen molar-refractivity contribution in [1.82, 2.24) is 4.90 Å². The van der Waals surface area contributed by atoms with Crippen molar-refractivity contribution >= 4 is 0 Å². The molecule has 0 spiro atoms. The number of aliphatic hydroxyl groups is 1. The molecule has 1 N–H and O–H groups in total. The molecule has 1 aliphatic heterocycles. The quantitative estimate of drug-likeness (QED) is 0.906. The lowest BCUT2D eigenvalue weighted by atomic mass is 9.93. The summed E-state index contributed by atoms with van der Waals surface area (Å²) >= 11 is 0. The molecule has 1 aromatic carbocycles. The second-order valence-electron chi connectivity index (χ2n) is 6.34. The van der Waals surface area contributed by atoms with Crippen LogP contribution in [0.5, 0.6) is 5.75 Å². The molecule has 3 nitrogen and oxygen atoms in total. The molecule has 1 heterocycles. The van der Waals surface area contributed by atoms with Crippen molar-refractivity contribution in [2.45, 2.75) is 39.3 Å². The first-order chi connectivity index (χ1) is 8.93. The summed E-state index contributed by atoms with van der Waals surface area (Å²) in [5.41, 5.74) is 1.33. The van der Waals surface area contributed by atoms with E-state index < -0.39 is 6.10 Å². The van der Waals surface area contributed by atoms with Crippen LogP contribution >= 0.6 is 0 Å². The van der Waals surface area contributed by atoms with E-state index in [0.29, 0.717) is 5.41 Å². The predicted molar refractivity (Wildman–Crippen MR) is 77.4 cm³/mol. The van der Waals surface area contributed by atoms with Gasteiger partial charge >= 0.3 is 0 Å². The SMILES string of the molecule is COc1ccc(C(O)C(C)N2CCC(C)(C)C2)cc1. The molecule has 0 saturated carbocycles. The van der Waals surface area contributed by atoms with Gasteiger partial charge in [-0.1, -0.05) is 26.0 Å². The molecule has 106 valence electrons. The van der Waals surface area contributed by atoms with Crippen LogP contribution in [0.2, 0.25) is 0 Å². The Bertz CT molecular complexity index is 413. The number of likely N-dealkylation sites (tertiary alicyclic amines) is 1. The molecule has 2 atom stereocenters. The average molecular weight is 263 g/mol. The van der Waals surface area contributed by atoms with Gasteiger partial charge in [0.15, 0.2) is 0 Å². The molecule has 0 amide bonds. The number of methoxy groups -OCH3 is 1. The summed E-state index contributed by atoms with van der Waals surface area (Å²) in [6, 6.07) is 7.84. The highest BCUT2D eigenvalue weighted by atomic mass is 16.5. The van der Waals surface area contributed by atoms with Gasteiger partial charge in [0.05, 0.1) is 13.2 Å². The van der Waals surface area contributed by atoms with E-state index in [9.17, 15) is 5.11 Å². The van der Waals surface area contributed by atoms with Gasteiger partial charge in [-0.2, -0.15) is 0 Å². The van der Waals surface area contributed by atoms with Gasteiger partial charge in [0.1, 0.15) is 5.75 Å². The maximum atomic E-state index is 10.5. The summed E-state index contributed by atoms with van der Waals surface area (Å²) in [4.78, 5) is 2.38. The highest BCUT2D eigenvalue weighted by molar-refractivity contribution is 5.29. The summed E-state index contributed by atoms with van der Waals surface area (Å²) < 4.78 is 5.14. The summed E-state index contributed by atoms with van der Waals surface area (Å²) in [6.07, 6.45) is 0.756. The van der Waals surface area contributed by atoms with E-state index in [-0.39, 0.29) is 6.04 Å². The van der Waals surface area contributed by atoms with E-state index in [1.54, 1.807) is 7.11 Å². The zero-order valence-corrected chi connectivity index (χ0v) is 12.4. The molecule has 0 aromatic heterocycles. The number of hydrogen-bond donors (Lipinski definition) is 1. The largest absolute Gasteiger partial charge is 0.497 e. The molecule has 3 heteroatoms. The Balaban J connectivity index is 2.04. The third kappa shape index (κ3) is 3.28. The smallest absolute Gasteiger partial charge is 0.118 e. The first-order valence-electron chi connectivity index (χ1n) is 6.99. The topological polar surface area (TPSA) is 32.7 Å². The first kappa shape index (κ1) is 14.4. The van der Waals surface area contributed by atoms with Gasteiger partial charge in [0, 0.05) is 12.6 Å². The fourth-order valence-electron chi connectivity index (χ4n) is 2.78. The average Bonchev–Trinajstić information content (AvgIpc) is 2.77. The molecule has 19 heavy (non-hydrogen) atoms. The maximum absolute atomic E-state index is 10.5. The third-order valence-electron chi connectivity index (χ3n) is 4.20. The van der Waals surface area contributed by atoms with Gasteiger partial charge in [-0.15, -0.1) is 0 Å². The lowest BCUT2D eigenvalue weighted by Gasteiger charge is -2.30. The molecule has 0 bridgehead atoms. The third-order valence-corrected chi connectivity index (χ3v) is 4.20. The molecule has 1 aromatic rings. The highest BCUT2D eigenvalue weighted by Crippen LogP contribution is 2.33. The molecule has 1 fully saturated rings. The number of aliphatic hydroxyl groups excluding tert-OH is 1. The van der Waals surface area contributed by atoms with Crippen LogP contribution < -0.4 is 4.74 Å². The molecular formula is C16H25NO2. The minimum absolute atomic E-state index is 0.148. The van der Waals surface area contributed by atoms with Crippen molar-refractivity contribution in [3.05, 3.63) is 29.8 Å². The van der Waals surface area contributed by atoms with E-state index in [2.05, 4.69) is 25.7 Å². The molecule has 2 rings (SSSR count). The van der Waals surface area contributed by atoms with Crippen molar-refractivity contribution in [1.29, 1.82) is 0 Å². The number of hydrogen-bond acceptors (Lipinski definition) is 3. The van der Waals surface area contributed by atoms with Crippen LogP contribution in [-0.4, -0.2) is 36.2 Å². The normalized spacial score (nSPS) is 22.2. The number of rotatable bonds is 4. The fraction of sp³-hybridized carbons (Fsp3) is 0.625. The Morgan fingerprint density at radius 2 is 1.89 bits per heavy atom. The van der Waals surface area contributed by atoms with Gasteiger partial charge in [-0.05, 0) is 43.0 Å². The van der Waals surface area contributed by atoms with Gasteiger partial charge in [0.2, 0.25) is 0 Å². The van der Waals surface area contributed by atoms with Crippen LogP contribution in [0.3, 0.4) is 0 Å². The minimum Gasteiger partial charge on any atom is -0.497 e. The monoisotopic (exact) mass is 263 g/mol. The van der Waals surface area contributed by atoms with E-state index in [1.807, 2.05) is 24.3 Å². The Kier molecular flexibility index (Phi) is 4.16. The van der Waals surface area contributed by atoms with E-state index in [0.717, 1.165) is 24.4 Å². The second-order valence-corrected chi connectivity index (χ2v) is 6.34. The molecular weight excluding hydrogens is 238 g/mol. The Morgan fingerprint density at radius 1 is 1.26 bits per heavy atom. The van der Waals surface area contributed by atoms with Crippen LogP contribution in [0.4, 0.5) is 0 Å². The summed E-state index contributed by atoms with van der Waals surface area (Å²) in [5.74, 6) is 0.825. The van der Waals surface area contributed by atoms with Crippen LogP contribution in [-0.2, 0) is 0 Å². The summed E-state index contributed by atoms with van der Waals surface area (Å²) in [5, 5.41) is 10.5. The van der Waals surface area contributed by atoms with Gasteiger partial charge in [-0.25, -0.2) is 0 Å². The highest BCUT2D eigenvalue weighted by Gasteiger charge is 2.34. The Morgan fingerprint density at radius 3 is 2.37 bits per heavy atom. The van der Waals surface area contributed by atoms with Crippen LogP contribution in [0.25, 0.3) is 0 Å². The zero-order valence-electron chi connectivity index (χ0n) is 12.4. The lowest BCUT2D eigenvalue weighted by Crippen LogP contribution is -2.36. The second kappa shape index (κ2) is 5.51. The zero-order chi connectivity index (χ0) is 14.0. The lowest BCUT2D eigenvalue weighted by molar-refractivity contribution is 0.0663. The van der Waals surface area contributed by atoms with E-state index >= 15 is 0 Å². The van der Waals surface area contributed by atoms with Gasteiger partial charge in [-0.3, -0.25) is 4.90 Å². The van der Waals surface area contributed by atoms with Gasteiger partial charge < -0.3 is 9.84 Å². The summed E-state index contributed by atoms with van der Waals surface area (Å²) in [6.45, 7) is 8.82. The van der Waals surface area contributed by atoms with Crippen molar-refractivity contribution in [2.24, 2.45) is 5.41 Å². The Labute approximate surface area is 116 Å². The standard InChI is InChI=1S/C16H25NO2/c1-12(17-10-9-16(2,3)11-17)15(18)13-5-7-14(19-4)8-6-13/h5-8,12,15,18H,9-11H2,1-4H3. The molecule has 0 radical (unpaired) electrons. The Hall–Kier alpha value is -1.06. The number of ether oxygens (including phenoxy) is 1. The van der Waals surface area contributed by atoms with Crippen LogP contribution in [0, 0.1) is 5.41 Å². The first-order valence-corrected chi connectivity index (χ1v) is 6.99. The fourth-order valence-corrected chi connectivity index (χ4v) is 2.78. The van der Waals surface area contributed by atoms with E-state index in [1.165, 1.54) is 6.42 Å². The predicted octanol–water partition coefficient (Wildman–Crippen LogP) is 2.85. The van der Waals surface area contributed by atoms with Crippen LogP contribution in [0.1, 0.15) is 38.9 Å². The molecule has 2 unspecified atom stereocenters.